The fraction of sp³-hybridized carbons (Fsp3) is 0.800. The number of rotatable bonds is 5. The van der Waals surface area contributed by atoms with Crippen LogP contribution >= 0.6 is 0 Å². The van der Waals surface area contributed by atoms with Crippen molar-refractivity contribution in [1.82, 2.24) is 9.80 Å². The highest BCUT2D eigenvalue weighted by Crippen LogP contribution is 1.95. The molecule has 0 aliphatic carbocycles. The Hall–Kier alpha value is -1.10. The molecule has 0 atom stereocenters. The van der Waals surface area contributed by atoms with E-state index < -0.39 is 11.9 Å². The fourth-order valence-electron chi connectivity index (χ4n) is 1.20. The summed E-state index contributed by atoms with van der Waals surface area (Å²) in [5.41, 5.74) is 0. The molecule has 0 aromatic rings. The molecule has 0 aliphatic rings. The average Bonchev–Trinajstić information content (AvgIpc) is 2.22. The zero-order valence-electron chi connectivity index (χ0n) is 9.95. The Kier molecular flexibility index (Phi) is 6.70. The first-order chi connectivity index (χ1) is 7.02. The predicted molar refractivity (Wildman–Crippen MR) is 57.4 cm³/mol. The van der Waals surface area contributed by atoms with Crippen molar-refractivity contribution in [1.29, 1.82) is 0 Å². The second-order valence-electron chi connectivity index (χ2n) is 3.53. The van der Waals surface area contributed by atoms with Gasteiger partial charge in [0.1, 0.15) is 0 Å². The number of amides is 1. The Balaban J connectivity index is 4.02. The number of hydrogen-bond acceptors (Lipinski definition) is 4. The van der Waals surface area contributed by atoms with Gasteiger partial charge in [0, 0.05) is 13.1 Å². The minimum Gasteiger partial charge on any atom is -0.462 e. The van der Waals surface area contributed by atoms with Gasteiger partial charge in [-0.25, -0.2) is 4.79 Å². The van der Waals surface area contributed by atoms with Crippen LogP contribution in [0.25, 0.3) is 0 Å². The molecule has 0 bridgehead atoms. The SMILES string of the molecule is CCN(CCCN(C)C)C(=O)C(=O)OC. The van der Waals surface area contributed by atoms with Crippen LogP contribution in [-0.2, 0) is 14.3 Å². The number of ether oxygens (including phenoxy) is 1. The molecule has 0 saturated heterocycles. The van der Waals surface area contributed by atoms with Gasteiger partial charge in [0.15, 0.2) is 0 Å². The summed E-state index contributed by atoms with van der Waals surface area (Å²) in [5, 5.41) is 0. The largest absolute Gasteiger partial charge is 0.462 e. The fourth-order valence-corrected chi connectivity index (χ4v) is 1.20. The van der Waals surface area contributed by atoms with Crippen LogP contribution in [0.4, 0.5) is 0 Å². The van der Waals surface area contributed by atoms with Crippen LogP contribution in [-0.4, -0.2) is 62.5 Å². The second-order valence-corrected chi connectivity index (χ2v) is 3.53. The van der Waals surface area contributed by atoms with Crippen molar-refractivity contribution in [3.8, 4) is 0 Å². The van der Waals surface area contributed by atoms with Crippen LogP contribution in [0, 0.1) is 0 Å². The molecule has 0 N–H and O–H groups in total. The lowest BCUT2D eigenvalue weighted by Gasteiger charge is -2.20. The summed E-state index contributed by atoms with van der Waals surface area (Å²) in [6.07, 6.45) is 0.851. The van der Waals surface area contributed by atoms with E-state index in [4.69, 9.17) is 0 Å². The molecule has 5 nitrogen and oxygen atoms in total. The molecule has 0 fully saturated rings. The molecule has 0 saturated carbocycles. The van der Waals surface area contributed by atoms with Gasteiger partial charge < -0.3 is 14.5 Å². The quantitative estimate of drug-likeness (QED) is 0.478. The Morgan fingerprint density at radius 2 is 1.80 bits per heavy atom. The van der Waals surface area contributed by atoms with Crippen molar-refractivity contribution in [2.75, 3.05) is 40.8 Å². The van der Waals surface area contributed by atoms with E-state index in [1.54, 1.807) is 0 Å². The number of hydrogen-bond donors (Lipinski definition) is 0. The third-order valence-electron chi connectivity index (χ3n) is 2.06. The molecule has 0 aromatic heterocycles. The number of nitrogens with zero attached hydrogens (tertiary/aromatic N) is 2. The molecule has 0 aromatic carbocycles. The predicted octanol–water partition coefficient (Wildman–Crippen LogP) is -0.0404. The van der Waals surface area contributed by atoms with E-state index in [2.05, 4.69) is 4.74 Å². The topological polar surface area (TPSA) is 49.9 Å². The Morgan fingerprint density at radius 3 is 2.20 bits per heavy atom. The van der Waals surface area contributed by atoms with E-state index in [0.717, 1.165) is 13.0 Å². The second kappa shape index (κ2) is 7.23. The third kappa shape index (κ3) is 5.37. The van der Waals surface area contributed by atoms with Crippen LogP contribution in [0.2, 0.25) is 0 Å². The summed E-state index contributed by atoms with van der Waals surface area (Å²) < 4.78 is 4.38. The summed E-state index contributed by atoms with van der Waals surface area (Å²) in [4.78, 5) is 25.9. The normalized spacial score (nSPS) is 10.2. The van der Waals surface area contributed by atoms with Gasteiger partial charge in [-0.3, -0.25) is 4.79 Å². The van der Waals surface area contributed by atoms with Crippen molar-refractivity contribution in [3.05, 3.63) is 0 Å². The standard InChI is InChI=1S/C10H20N2O3/c1-5-12(8-6-7-11(2)3)9(13)10(14)15-4/h5-8H2,1-4H3. The zero-order valence-corrected chi connectivity index (χ0v) is 9.95. The highest BCUT2D eigenvalue weighted by molar-refractivity contribution is 6.32. The van der Waals surface area contributed by atoms with E-state index in [1.165, 1.54) is 12.0 Å². The maximum absolute atomic E-state index is 11.4. The van der Waals surface area contributed by atoms with Gasteiger partial charge in [0.25, 0.3) is 0 Å². The summed E-state index contributed by atoms with van der Waals surface area (Å²) in [6, 6.07) is 0. The molecule has 15 heavy (non-hydrogen) atoms. The molecule has 0 rings (SSSR count). The van der Waals surface area contributed by atoms with Crippen LogP contribution in [0.1, 0.15) is 13.3 Å². The number of methoxy groups -OCH3 is 1. The van der Waals surface area contributed by atoms with Crippen molar-refractivity contribution in [2.24, 2.45) is 0 Å². The number of carbonyl (C=O) groups excluding carboxylic acids is 2. The zero-order chi connectivity index (χ0) is 11.8. The summed E-state index contributed by atoms with van der Waals surface area (Å²) in [5.74, 6) is -1.35. The Labute approximate surface area is 91.0 Å². The minimum atomic E-state index is -0.790. The van der Waals surface area contributed by atoms with E-state index in [-0.39, 0.29) is 0 Å². The first-order valence-electron chi connectivity index (χ1n) is 5.04. The van der Waals surface area contributed by atoms with E-state index >= 15 is 0 Å². The highest BCUT2D eigenvalue weighted by Gasteiger charge is 2.20. The average molecular weight is 216 g/mol. The van der Waals surface area contributed by atoms with Crippen LogP contribution in [0.3, 0.4) is 0 Å². The molecular weight excluding hydrogens is 196 g/mol. The van der Waals surface area contributed by atoms with E-state index in [9.17, 15) is 9.59 Å². The molecule has 0 aliphatic heterocycles. The monoisotopic (exact) mass is 216 g/mol. The lowest BCUT2D eigenvalue weighted by molar-refractivity contribution is -0.158. The Morgan fingerprint density at radius 1 is 1.20 bits per heavy atom. The maximum Gasteiger partial charge on any atom is 0.396 e. The number of likely N-dealkylation sites (N-methyl/N-ethyl adjacent to an activating group) is 1. The molecule has 0 unspecified atom stereocenters. The summed E-state index contributed by atoms with van der Waals surface area (Å²) in [6.45, 7) is 3.85. The number of carbonyl (C=O) groups is 2. The molecular formula is C10H20N2O3. The van der Waals surface area contributed by atoms with Crippen molar-refractivity contribution >= 4 is 11.9 Å². The smallest absolute Gasteiger partial charge is 0.396 e. The van der Waals surface area contributed by atoms with Crippen molar-refractivity contribution < 1.29 is 14.3 Å². The van der Waals surface area contributed by atoms with Gasteiger partial charge in [0.05, 0.1) is 7.11 Å². The van der Waals surface area contributed by atoms with Gasteiger partial charge in [0.2, 0.25) is 0 Å². The van der Waals surface area contributed by atoms with Gasteiger partial charge in [-0.05, 0) is 34.0 Å². The van der Waals surface area contributed by atoms with Crippen LogP contribution in [0.15, 0.2) is 0 Å². The van der Waals surface area contributed by atoms with Gasteiger partial charge in [-0.1, -0.05) is 0 Å². The molecule has 5 heteroatoms. The van der Waals surface area contributed by atoms with Gasteiger partial charge in [-0.2, -0.15) is 0 Å². The molecule has 0 spiro atoms. The Bertz CT molecular complexity index is 217. The highest BCUT2D eigenvalue weighted by atomic mass is 16.5. The van der Waals surface area contributed by atoms with Crippen LogP contribution < -0.4 is 0 Å². The number of esters is 1. The lowest BCUT2D eigenvalue weighted by Crippen LogP contribution is -2.38. The van der Waals surface area contributed by atoms with E-state index in [0.29, 0.717) is 13.1 Å². The van der Waals surface area contributed by atoms with E-state index in [1.807, 2.05) is 25.9 Å². The molecule has 0 radical (unpaired) electrons. The van der Waals surface area contributed by atoms with Crippen molar-refractivity contribution in [2.45, 2.75) is 13.3 Å². The summed E-state index contributed by atoms with van der Waals surface area (Å²) in [7, 11) is 5.16. The van der Waals surface area contributed by atoms with Gasteiger partial charge >= 0.3 is 11.9 Å². The molecule has 1 amide bonds. The molecule has 0 heterocycles. The maximum atomic E-state index is 11.4. The molecule has 88 valence electrons. The summed E-state index contributed by atoms with van der Waals surface area (Å²) >= 11 is 0. The van der Waals surface area contributed by atoms with Crippen LogP contribution in [0.5, 0.6) is 0 Å². The van der Waals surface area contributed by atoms with Crippen molar-refractivity contribution in [3.63, 3.8) is 0 Å². The third-order valence-corrected chi connectivity index (χ3v) is 2.06. The first kappa shape index (κ1) is 13.9. The minimum absolute atomic E-state index is 0.529. The first-order valence-corrected chi connectivity index (χ1v) is 5.04. The van der Waals surface area contributed by atoms with Gasteiger partial charge in [-0.15, -0.1) is 0 Å². The lowest BCUT2D eigenvalue weighted by atomic mass is 10.3.